The highest BCUT2D eigenvalue weighted by Gasteiger charge is 2.19. The van der Waals surface area contributed by atoms with Gasteiger partial charge in [0, 0.05) is 30.9 Å². The topological polar surface area (TPSA) is 62.7 Å². The normalized spacial score (nSPS) is 13.1. The van der Waals surface area contributed by atoms with Gasteiger partial charge in [0.1, 0.15) is 11.6 Å². The number of benzene rings is 1. The Balaban J connectivity index is 2.09. The summed E-state index contributed by atoms with van der Waals surface area (Å²) < 4.78 is 5.64. The molecule has 1 aromatic heterocycles. The first-order valence-corrected chi connectivity index (χ1v) is 7.30. The summed E-state index contributed by atoms with van der Waals surface area (Å²) in [5, 5.41) is 9.20. The summed E-state index contributed by atoms with van der Waals surface area (Å²) in [7, 11) is 2.02. The molecule has 0 bridgehead atoms. The number of fused-ring (bicyclic) bond motifs is 1. The van der Waals surface area contributed by atoms with Crippen LogP contribution < -0.4 is 9.64 Å². The summed E-state index contributed by atoms with van der Waals surface area (Å²) in [5.74, 6) is 0.731. The van der Waals surface area contributed by atoms with Gasteiger partial charge in [-0.25, -0.2) is 9.78 Å². The lowest BCUT2D eigenvalue weighted by atomic mass is 10.0. The Labute approximate surface area is 129 Å². The summed E-state index contributed by atoms with van der Waals surface area (Å²) in [4.78, 5) is 17.9. The summed E-state index contributed by atoms with van der Waals surface area (Å²) in [6.07, 6.45) is 2.74. The number of rotatable bonds is 4. The van der Waals surface area contributed by atoms with Crippen molar-refractivity contribution in [3.8, 4) is 16.9 Å². The van der Waals surface area contributed by atoms with Crippen LogP contribution in [0.5, 0.6) is 5.75 Å². The fourth-order valence-corrected chi connectivity index (χ4v) is 2.74. The van der Waals surface area contributed by atoms with Gasteiger partial charge in [-0.3, -0.25) is 0 Å². The van der Waals surface area contributed by atoms with E-state index in [0.29, 0.717) is 12.4 Å². The molecule has 1 aromatic carbocycles. The standard InChI is InChI=1S/C17H18N2O3/c1-3-22-15-5-4-12(17(20)21)9-14(15)13-8-11-6-7-19(2)16(11)18-10-13/h4-5,8-10H,3,6-7H2,1-2H3,(H,20,21). The molecule has 3 rings (SSSR count). The number of anilines is 1. The van der Waals surface area contributed by atoms with Crippen molar-refractivity contribution in [1.29, 1.82) is 0 Å². The minimum absolute atomic E-state index is 0.246. The quantitative estimate of drug-likeness (QED) is 0.940. The van der Waals surface area contributed by atoms with Gasteiger partial charge in [0.2, 0.25) is 0 Å². The Morgan fingerprint density at radius 3 is 2.95 bits per heavy atom. The molecule has 1 aliphatic rings. The van der Waals surface area contributed by atoms with Crippen molar-refractivity contribution in [2.45, 2.75) is 13.3 Å². The number of likely N-dealkylation sites (N-methyl/N-ethyl adjacent to an activating group) is 1. The number of carbonyl (C=O) groups is 1. The summed E-state index contributed by atoms with van der Waals surface area (Å²) in [6.45, 7) is 3.39. The van der Waals surface area contributed by atoms with Gasteiger partial charge in [0.15, 0.2) is 0 Å². The molecule has 5 nitrogen and oxygen atoms in total. The number of carboxylic acid groups (broad SMARTS) is 1. The van der Waals surface area contributed by atoms with Crippen LogP contribution in [0.1, 0.15) is 22.8 Å². The van der Waals surface area contributed by atoms with E-state index in [9.17, 15) is 9.90 Å². The first-order chi connectivity index (χ1) is 10.6. The molecule has 0 amide bonds. The zero-order chi connectivity index (χ0) is 15.7. The molecule has 0 saturated carbocycles. The molecule has 2 aromatic rings. The third kappa shape index (κ3) is 2.50. The molecule has 0 radical (unpaired) electrons. The van der Waals surface area contributed by atoms with Crippen LogP contribution in [0, 0.1) is 0 Å². The van der Waals surface area contributed by atoms with Crippen molar-refractivity contribution >= 4 is 11.8 Å². The molecular formula is C17H18N2O3. The zero-order valence-corrected chi connectivity index (χ0v) is 12.7. The monoisotopic (exact) mass is 298 g/mol. The van der Waals surface area contributed by atoms with Gasteiger partial charge < -0.3 is 14.7 Å². The third-order valence-corrected chi connectivity index (χ3v) is 3.86. The van der Waals surface area contributed by atoms with Gasteiger partial charge in [0.25, 0.3) is 0 Å². The third-order valence-electron chi connectivity index (χ3n) is 3.86. The molecule has 1 N–H and O–H groups in total. The van der Waals surface area contributed by atoms with E-state index < -0.39 is 5.97 Å². The van der Waals surface area contributed by atoms with Crippen LogP contribution >= 0.6 is 0 Å². The number of aromatic nitrogens is 1. The highest BCUT2D eigenvalue weighted by Crippen LogP contribution is 2.34. The second-order valence-electron chi connectivity index (χ2n) is 5.33. The minimum atomic E-state index is -0.946. The number of pyridine rings is 1. The van der Waals surface area contributed by atoms with Crippen LogP contribution in [0.25, 0.3) is 11.1 Å². The Kier molecular flexibility index (Phi) is 3.71. The van der Waals surface area contributed by atoms with Gasteiger partial charge in [0.05, 0.1) is 12.2 Å². The molecule has 0 unspecified atom stereocenters. The molecule has 22 heavy (non-hydrogen) atoms. The van der Waals surface area contributed by atoms with Crippen molar-refractivity contribution in [3.05, 3.63) is 41.6 Å². The fourth-order valence-electron chi connectivity index (χ4n) is 2.74. The predicted molar refractivity (Wildman–Crippen MR) is 84.8 cm³/mol. The number of nitrogens with zero attached hydrogens (tertiary/aromatic N) is 2. The average Bonchev–Trinajstić information content (AvgIpc) is 2.88. The van der Waals surface area contributed by atoms with E-state index in [0.717, 1.165) is 29.9 Å². The SMILES string of the molecule is CCOc1ccc(C(=O)O)cc1-c1cnc2c(c1)CCN2C. The maximum Gasteiger partial charge on any atom is 0.335 e. The van der Waals surface area contributed by atoms with Crippen LogP contribution in [0.15, 0.2) is 30.5 Å². The van der Waals surface area contributed by atoms with Crippen molar-refractivity contribution < 1.29 is 14.6 Å². The summed E-state index contributed by atoms with van der Waals surface area (Å²) in [6, 6.07) is 7.00. The molecule has 5 heteroatoms. The van der Waals surface area contributed by atoms with Crippen molar-refractivity contribution in [2.75, 3.05) is 25.1 Å². The molecule has 0 atom stereocenters. The summed E-state index contributed by atoms with van der Waals surface area (Å²) in [5.41, 5.74) is 3.09. The maximum atomic E-state index is 11.2. The van der Waals surface area contributed by atoms with Crippen LogP contribution in [-0.2, 0) is 6.42 Å². The lowest BCUT2D eigenvalue weighted by Gasteiger charge is -2.13. The Bertz CT molecular complexity index is 728. The number of hydrogen-bond acceptors (Lipinski definition) is 4. The number of hydrogen-bond donors (Lipinski definition) is 1. The van der Waals surface area contributed by atoms with Crippen LogP contribution in [0.4, 0.5) is 5.82 Å². The van der Waals surface area contributed by atoms with E-state index in [4.69, 9.17) is 4.74 Å². The van der Waals surface area contributed by atoms with E-state index in [1.165, 1.54) is 5.56 Å². The molecule has 2 heterocycles. The zero-order valence-electron chi connectivity index (χ0n) is 12.7. The lowest BCUT2D eigenvalue weighted by molar-refractivity contribution is 0.0697. The number of carboxylic acids is 1. The Morgan fingerprint density at radius 1 is 1.41 bits per heavy atom. The average molecular weight is 298 g/mol. The molecule has 0 fully saturated rings. The van der Waals surface area contributed by atoms with E-state index in [2.05, 4.69) is 16.0 Å². The van der Waals surface area contributed by atoms with Gasteiger partial charge >= 0.3 is 5.97 Å². The minimum Gasteiger partial charge on any atom is -0.493 e. The first kappa shape index (κ1) is 14.4. The number of aromatic carboxylic acids is 1. The molecule has 1 aliphatic heterocycles. The van der Waals surface area contributed by atoms with Gasteiger partial charge in [-0.2, -0.15) is 0 Å². The van der Waals surface area contributed by atoms with Crippen molar-refractivity contribution in [3.63, 3.8) is 0 Å². The van der Waals surface area contributed by atoms with Gasteiger partial charge in [-0.05, 0) is 43.2 Å². The van der Waals surface area contributed by atoms with E-state index in [1.807, 2.05) is 14.0 Å². The van der Waals surface area contributed by atoms with Crippen molar-refractivity contribution in [1.82, 2.24) is 4.98 Å². The number of ether oxygens (including phenoxy) is 1. The highest BCUT2D eigenvalue weighted by molar-refractivity contribution is 5.90. The summed E-state index contributed by atoms with van der Waals surface area (Å²) >= 11 is 0. The molecular weight excluding hydrogens is 280 g/mol. The van der Waals surface area contributed by atoms with Gasteiger partial charge in [-0.15, -0.1) is 0 Å². The molecule has 0 aliphatic carbocycles. The largest absolute Gasteiger partial charge is 0.493 e. The van der Waals surface area contributed by atoms with Crippen molar-refractivity contribution in [2.24, 2.45) is 0 Å². The predicted octanol–water partition coefficient (Wildman–Crippen LogP) is 2.84. The van der Waals surface area contributed by atoms with Crippen LogP contribution in [0.2, 0.25) is 0 Å². The van der Waals surface area contributed by atoms with E-state index in [1.54, 1.807) is 24.4 Å². The Hall–Kier alpha value is -2.56. The van der Waals surface area contributed by atoms with Gasteiger partial charge in [-0.1, -0.05) is 0 Å². The fraction of sp³-hybridized carbons (Fsp3) is 0.294. The highest BCUT2D eigenvalue weighted by atomic mass is 16.5. The molecule has 114 valence electrons. The lowest BCUT2D eigenvalue weighted by Crippen LogP contribution is -2.13. The first-order valence-electron chi connectivity index (χ1n) is 7.30. The molecule has 0 saturated heterocycles. The van der Waals surface area contributed by atoms with E-state index >= 15 is 0 Å². The smallest absolute Gasteiger partial charge is 0.335 e. The second-order valence-corrected chi connectivity index (χ2v) is 5.33. The van der Waals surface area contributed by atoms with E-state index in [-0.39, 0.29) is 5.56 Å². The van der Waals surface area contributed by atoms with Crippen LogP contribution in [0.3, 0.4) is 0 Å². The molecule has 0 spiro atoms. The Morgan fingerprint density at radius 2 is 2.23 bits per heavy atom. The maximum absolute atomic E-state index is 11.2. The van der Waals surface area contributed by atoms with Crippen LogP contribution in [-0.4, -0.2) is 36.3 Å². The second kappa shape index (κ2) is 5.67.